The minimum atomic E-state index is -0.668. The number of amides is 3. The number of hydrogen-bond acceptors (Lipinski definition) is 5. The van der Waals surface area contributed by atoms with E-state index in [0.29, 0.717) is 11.4 Å². The van der Waals surface area contributed by atoms with Crippen LogP contribution in [-0.2, 0) is 9.59 Å². The summed E-state index contributed by atoms with van der Waals surface area (Å²) in [6.45, 7) is 1.09. The molecule has 0 radical (unpaired) electrons. The lowest BCUT2D eigenvalue weighted by Gasteiger charge is -2.16. The lowest BCUT2D eigenvalue weighted by atomic mass is 10.1. The third kappa shape index (κ3) is 5.14. The maximum atomic E-state index is 12.5. The third-order valence-electron chi connectivity index (χ3n) is 3.84. The van der Waals surface area contributed by atoms with Crippen LogP contribution in [0, 0.1) is 0 Å². The Labute approximate surface area is 167 Å². The van der Waals surface area contributed by atoms with Gasteiger partial charge in [-0.15, -0.1) is 0 Å². The van der Waals surface area contributed by atoms with E-state index in [9.17, 15) is 14.4 Å². The maximum absolute atomic E-state index is 12.5. The Kier molecular flexibility index (Phi) is 6.84. The molecule has 0 heterocycles. The number of hydrogen-bond donors (Lipinski definition) is 2. The highest BCUT2D eigenvalue weighted by molar-refractivity contribution is 6.32. The zero-order valence-corrected chi connectivity index (χ0v) is 16.4. The molecule has 0 unspecified atom stereocenters. The standard InChI is InChI=1S/C19H20ClN3O5/c1-11(24)23(2)14-6-4-13(5-7-14)22-19(26)12-8-15(20)18(16(9-12)27-3)28-10-17(21)25/h4-9H,10H2,1-3H3,(H2,21,25)(H,22,26). The summed E-state index contributed by atoms with van der Waals surface area (Å²) in [5, 5.41) is 2.83. The smallest absolute Gasteiger partial charge is 0.255 e. The van der Waals surface area contributed by atoms with Crippen molar-refractivity contribution in [2.75, 3.05) is 31.0 Å². The van der Waals surface area contributed by atoms with Crippen molar-refractivity contribution in [1.29, 1.82) is 0 Å². The molecule has 3 N–H and O–H groups in total. The number of nitrogens with zero attached hydrogens (tertiary/aromatic N) is 1. The highest BCUT2D eigenvalue weighted by Crippen LogP contribution is 2.36. The molecule has 0 saturated heterocycles. The van der Waals surface area contributed by atoms with Gasteiger partial charge < -0.3 is 25.4 Å². The summed E-state index contributed by atoms with van der Waals surface area (Å²) in [7, 11) is 3.04. The van der Waals surface area contributed by atoms with E-state index in [1.54, 1.807) is 31.3 Å². The van der Waals surface area contributed by atoms with E-state index in [1.807, 2.05) is 0 Å². The first-order valence-corrected chi connectivity index (χ1v) is 8.55. The first-order valence-electron chi connectivity index (χ1n) is 8.17. The number of methoxy groups -OCH3 is 1. The molecule has 0 bridgehead atoms. The van der Waals surface area contributed by atoms with E-state index in [2.05, 4.69) is 5.32 Å². The van der Waals surface area contributed by atoms with Gasteiger partial charge >= 0.3 is 0 Å². The summed E-state index contributed by atoms with van der Waals surface area (Å²) in [6.07, 6.45) is 0. The second kappa shape index (κ2) is 9.09. The molecule has 0 aromatic heterocycles. The number of nitrogens with two attached hydrogens (primary N) is 1. The minimum Gasteiger partial charge on any atom is -0.493 e. The van der Waals surface area contributed by atoms with Gasteiger partial charge in [-0.2, -0.15) is 0 Å². The fourth-order valence-corrected chi connectivity index (χ4v) is 2.55. The van der Waals surface area contributed by atoms with Crippen molar-refractivity contribution in [2.24, 2.45) is 5.73 Å². The largest absolute Gasteiger partial charge is 0.493 e. The number of carbonyl (C=O) groups is 3. The van der Waals surface area contributed by atoms with E-state index >= 15 is 0 Å². The number of nitrogens with one attached hydrogen (secondary N) is 1. The molecule has 0 saturated carbocycles. The summed E-state index contributed by atoms with van der Waals surface area (Å²) in [4.78, 5) is 36.3. The number of benzene rings is 2. The summed E-state index contributed by atoms with van der Waals surface area (Å²) < 4.78 is 10.4. The SMILES string of the molecule is COc1cc(C(=O)Nc2ccc(N(C)C(C)=O)cc2)cc(Cl)c1OCC(N)=O. The summed E-state index contributed by atoms with van der Waals surface area (Å²) >= 11 is 6.15. The Morgan fingerprint density at radius 1 is 1.18 bits per heavy atom. The zero-order chi connectivity index (χ0) is 20.8. The quantitative estimate of drug-likeness (QED) is 0.735. The monoisotopic (exact) mass is 405 g/mol. The fraction of sp³-hybridized carbons (Fsp3) is 0.211. The van der Waals surface area contributed by atoms with Crippen LogP contribution in [-0.4, -0.2) is 38.5 Å². The highest BCUT2D eigenvalue weighted by atomic mass is 35.5. The molecular formula is C19H20ClN3O5. The molecule has 28 heavy (non-hydrogen) atoms. The molecular weight excluding hydrogens is 386 g/mol. The van der Waals surface area contributed by atoms with Crippen LogP contribution < -0.4 is 25.4 Å². The molecule has 9 heteroatoms. The van der Waals surface area contributed by atoms with Gasteiger partial charge in [-0.05, 0) is 36.4 Å². The first kappa shape index (κ1) is 21.0. The van der Waals surface area contributed by atoms with Gasteiger partial charge in [0.15, 0.2) is 18.1 Å². The molecule has 0 spiro atoms. The molecule has 0 atom stereocenters. The van der Waals surface area contributed by atoms with Crippen LogP contribution in [0.5, 0.6) is 11.5 Å². The van der Waals surface area contributed by atoms with Crippen molar-refractivity contribution in [3.63, 3.8) is 0 Å². The lowest BCUT2D eigenvalue weighted by molar-refractivity contribution is -0.120. The summed E-state index contributed by atoms with van der Waals surface area (Å²) in [5.74, 6) is -0.876. The van der Waals surface area contributed by atoms with Gasteiger partial charge in [0.1, 0.15) is 0 Å². The number of rotatable bonds is 7. The van der Waals surface area contributed by atoms with Gasteiger partial charge in [0.25, 0.3) is 11.8 Å². The normalized spacial score (nSPS) is 10.1. The summed E-state index contributed by atoms with van der Waals surface area (Å²) in [5.41, 5.74) is 6.53. The highest BCUT2D eigenvalue weighted by Gasteiger charge is 2.17. The second-order valence-electron chi connectivity index (χ2n) is 5.82. The predicted octanol–water partition coefficient (Wildman–Crippen LogP) is 2.45. The Bertz CT molecular complexity index is 899. The van der Waals surface area contributed by atoms with Gasteiger partial charge in [-0.3, -0.25) is 14.4 Å². The van der Waals surface area contributed by atoms with Crippen LogP contribution in [0.25, 0.3) is 0 Å². The molecule has 0 aliphatic rings. The predicted molar refractivity (Wildman–Crippen MR) is 106 cm³/mol. The first-order chi connectivity index (χ1) is 13.2. The Balaban J connectivity index is 2.19. The Morgan fingerprint density at radius 3 is 2.36 bits per heavy atom. The fourth-order valence-electron chi connectivity index (χ4n) is 2.29. The molecule has 2 aromatic carbocycles. The van der Waals surface area contributed by atoms with Crippen LogP contribution in [0.3, 0.4) is 0 Å². The van der Waals surface area contributed by atoms with Crippen LogP contribution >= 0.6 is 11.6 Å². The number of anilines is 2. The number of primary amides is 1. The van der Waals surface area contributed by atoms with Crippen LogP contribution in [0.1, 0.15) is 17.3 Å². The van der Waals surface area contributed by atoms with Gasteiger partial charge in [-0.1, -0.05) is 11.6 Å². The van der Waals surface area contributed by atoms with Gasteiger partial charge in [0.2, 0.25) is 5.91 Å². The Morgan fingerprint density at radius 2 is 1.82 bits per heavy atom. The van der Waals surface area contributed by atoms with Crippen molar-refractivity contribution in [3.8, 4) is 11.5 Å². The molecule has 8 nitrogen and oxygen atoms in total. The lowest BCUT2D eigenvalue weighted by Crippen LogP contribution is -2.22. The van der Waals surface area contributed by atoms with E-state index < -0.39 is 11.8 Å². The van der Waals surface area contributed by atoms with Crippen molar-refractivity contribution < 1.29 is 23.9 Å². The van der Waals surface area contributed by atoms with E-state index in [4.69, 9.17) is 26.8 Å². The molecule has 0 fully saturated rings. The number of halogens is 1. The third-order valence-corrected chi connectivity index (χ3v) is 4.12. The average Bonchev–Trinajstić information content (AvgIpc) is 2.66. The topological polar surface area (TPSA) is 111 Å². The van der Waals surface area contributed by atoms with Crippen LogP contribution in [0.15, 0.2) is 36.4 Å². The molecule has 3 amide bonds. The van der Waals surface area contributed by atoms with Crippen molar-refractivity contribution in [3.05, 3.63) is 47.0 Å². The summed E-state index contributed by atoms with van der Waals surface area (Å²) in [6, 6.07) is 9.62. The molecule has 2 rings (SSSR count). The number of carbonyl (C=O) groups excluding carboxylic acids is 3. The van der Waals surface area contributed by atoms with E-state index in [0.717, 1.165) is 0 Å². The molecule has 2 aromatic rings. The Hall–Kier alpha value is -3.26. The van der Waals surface area contributed by atoms with Crippen molar-refractivity contribution >= 4 is 40.7 Å². The molecule has 0 aliphatic carbocycles. The number of ether oxygens (including phenoxy) is 2. The minimum absolute atomic E-state index is 0.0998. The molecule has 0 aliphatic heterocycles. The van der Waals surface area contributed by atoms with Gasteiger partial charge in [-0.25, -0.2) is 0 Å². The van der Waals surface area contributed by atoms with Crippen molar-refractivity contribution in [1.82, 2.24) is 0 Å². The van der Waals surface area contributed by atoms with Gasteiger partial charge in [0, 0.05) is 30.9 Å². The molecule has 148 valence electrons. The second-order valence-corrected chi connectivity index (χ2v) is 6.23. The van der Waals surface area contributed by atoms with E-state index in [1.165, 1.54) is 31.1 Å². The average molecular weight is 406 g/mol. The van der Waals surface area contributed by atoms with Gasteiger partial charge in [0.05, 0.1) is 12.1 Å². The maximum Gasteiger partial charge on any atom is 0.255 e. The van der Waals surface area contributed by atoms with E-state index in [-0.39, 0.29) is 34.6 Å². The van der Waals surface area contributed by atoms with Crippen LogP contribution in [0.2, 0.25) is 5.02 Å². The van der Waals surface area contributed by atoms with Crippen LogP contribution in [0.4, 0.5) is 11.4 Å². The van der Waals surface area contributed by atoms with Crippen molar-refractivity contribution in [2.45, 2.75) is 6.92 Å². The zero-order valence-electron chi connectivity index (χ0n) is 15.6.